The minimum absolute atomic E-state index is 0.133. The standard InChI is InChI=1S/C15H15N3O2S/c1-8-14(12-7-21-9(2)16-12)15(18-17-8)11-5-4-10(20-3)6-13(11)19/h4-7,19H,1-3H3,(H,17,18). The Morgan fingerprint density at radius 1 is 1.29 bits per heavy atom. The summed E-state index contributed by atoms with van der Waals surface area (Å²) < 4.78 is 5.11. The van der Waals surface area contributed by atoms with Crippen molar-refractivity contribution in [2.24, 2.45) is 0 Å². The van der Waals surface area contributed by atoms with E-state index in [0.29, 0.717) is 17.0 Å². The van der Waals surface area contributed by atoms with E-state index in [1.165, 1.54) is 0 Å². The van der Waals surface area contributed by atoms with Gasteiger partial charge in [-0.25, -0.2) is 4.98 Å². The summed E-state index contributed by atoms with van der Waals surface area (Å²) in [6.07, 6.45) is 0. The van der Waals surface area contributed by atoms with Crippen LogP contribution in [0.1, 0.15) is 10.7 Å². The van der Waals surface area contributed by atoms with Crippen molar-refractivity contribution in [3.63, 3.8) is 0 Å². The van der Waals surface area contributed by atoms with Gasteiger partial charge in [-0.2, -0.15) is 5.10 Å². The molecule has 0 spiro atoms. The van der Waals surface area contributed by atoms with Crippen LogP contribution in [0.4, 0.5) is 0 Å². The minimum atomic E-state index is 0.133. The van der Waals surface area contributed by atoms with Crippen molar-refractivity contribution in [1.82, 2.24) is 15.2 Å². The van der Waals surface area contributed by atoms with Gasteiger partial charge >= 0.3 is 0 Å². The number of benzene rings is 1. The first kappa shape index (κ1) is 13.6. The lowest BCUT2D eigenvalue weighted by atomic mass is 10.0. The van der Waals surface area contributed by atoms with E-state index in [-0.39, 0.29) is 5.75 Å². The summed E-state index contributed by atoms with van der Waals surface area (Å²) in [5.41, 5.74) is 4.05. The maximum Gasteiger partial charge on any atom is 0.128 e. The van der Waals surface area contributed by atoms with Gasteiger partial charge in [0.25, 0.3) is 0 Å². The molecule has 0 aliphatic heterocycles. The smallest absolute Gasteiger partial charge is 0.128 e. The monoisotopic (exact) mass is 301 g/mol. The second-order valence-electron chi connectivity index (χ2n) is 4.71. The molecule has 3 rings (SSSR count). The van der Waals surface area contributed by atoms with Crippen LogP contribution in [0.15, 0.2) is 23.6 Å². The highest BCUT2D eigenvalue weighted by atomic mass is 32.1. The number of aromatic amines is 1. The van der Waals surface area contributed by atoms with Crippen LogP contribution < -0.4 is 4.74 Å². The number of phenols is 1. The number of ether oxygens (including phenoxy) is 1. The van der Waals surface area contributed by atoms with E-state index in [9.17, 15) is 5.11 Å². The van der Waals surface area contributed by atoms with Gasteiger partial charge in [0.15, 0.2) is 0 Å². The molecule has 0 aliphatic rings. The number of nitrogens with one attached hydrogen (secondary N) is 1. The Kier molecular flexibility index (Phi) is 3.39. The molecule has 0 bridgehead atoms. The Labute approximate surface area is 126 Å². The molecule has 6 heteroatoms. The van der Waals surface area contributed by atoms with Crippen molar-refractivity contribution in [3.05, 3.63) is 34.3 Å². The molecule has 0 atom stereocenters. The molecule has 2 N–H and O–H groups in total. The van der Waals surface area contributed by atoms with Gasteiger partial charge in [0, 0.05) is 28.3 Å². The number of H-pyrrole nitrogens is 1. The summed E-state index contributed by atoms with van der Waals surface area (Å²) in [4.78, 5) is 4.52. The summed E-state index contributed by atoms with van der Waals surface area (Å²) in [6, 6.07) is 5.18. The quantitative estimate of drug-likeness (QED) is 0.776. The SMILES string of the molecule is COc1ccc(-c2n[nH]c(C)c2-c2csc(C)n2)c(O)c1. The topological polar surface area (TPSA) is 71.0 Å². The zero-order chi connectivity index (χ0) is 15.0. The highest BCUT2D eigenvalue weighted by Gasteiger charge is 2.19. The van der Waals surface area contributed by atoms with Crippen LogP contribution in [0.3, 0.4) is 0 Å². The number of aromatic nitrogens is 3. The molecule has 2 aromatic heterocycles. The zero-order valence-electron chi connectivity index (χ0n) is 12.0. The first-order chi connectivity index (χ1) is 10.1. The van der Waals surface area contributed by atoms with Crippen LogP contribution in [0.5, 0.6) is 11.5 Å². The number of aromatic hydroxyl groups is 1. The molecule has 0 saturated carbocycles. The van der Waals surface area contributed by atoms with E-state index >= 15 is 0 Å². The van der Waals surface area contributed by atoms with Gasteiger partial charge < -0.3 is 9.84 Å². The van der Waals surface area contributed by atoms with Crippen molar-refractivity contribution in [2.45, 2.75) is 13.8 Å². The second-order valence-corrected chi connectivity index (χ2v) is 5.77. The number of thiazole rings is 1. The molecule has 0 amide bonds. The van der Waals surface area contributed by atoms with Gasteiger partial charge in [0.1, 0.15) is 17.2 Å². The molecular formula is C15H15N3O2S. The lowest BCUT2D eigenvalue weighted by Crippen LogP contribution is -1.87. The molecule has 2 heterocycles. The normalized spacial score (nSPS) is 10.8. The summed E-state index contributed by atoms with van der Waals surface area (Å²) in [5.74, 6) is 0.739. The van der Waals surface area contributed by atoms with Gasteiger partial charge in [-0.05, 0) is 26.0 Å². The van der Waals surface area contributed by atoms with Crippen LogP contribution in [0, 0.1) is 13.8 Å². The molecule has 3 aromatic rings. The average molecular weight is 301 g/mol. The van der Waals surface area contributed by atoms with E-state index < -0.39 is 0 Å². The molecular weight excluding hydrogens is 286 g/mol. The Balaban J connectivity index is 2.16. The highest BCUT2D eigenvalue weighted by Crippen LogP contribution is 2.38. The number of nitrogens with zero attached hydrogens (tertiary/aromatic N) is 2. The fourth-order valence-electron chi connectivity index (χ4n) is 2.25. The summed E-state index contributed by atoms with van der Waals surface area (Å²) in [5, 5.41) is 20.5. The summed E-state index contributed by atoms with van der Waals surface area (Å²) >= 11 is 1.59. The maximum atomic E-state index is 10.2. The minimum Gasteiger partial charge on any atom is -0.507 e. The fourth-order valence-corrected chi connectivity index (χ4v) is 2.86. The maximum absolute atomic E-state index is 10.2. The van der Waals surface area contributed by atoms with Crippen LogP contribution in [0.25, 0.3) is 22.5 Å². The molecule has 1 aromatic carbocycles. The van der Waals surface area contributed by atoms with Gasteiger partial charge in [0.2, 0.25) is 0 Å². The third-order valence-electron chi connectivity index (χ3n) is 3.28. The van der Waals surface area contributed by atoms with E-state index in [1.54, 1.807) is 36.6 Å². The van der Waals surface area contributed by atoms with Crippen LogP contribution in [-0.2, 0) is 0 Å². The number of phenolic OH excluding ortho intramolecular Hbond substituents is 1. The van der Waals surface area contributed by atoms with Crippen molar-refractivity contribution in [3.8, 4) is 34.0 Å². The summed E-state index contributed by atoms with van der Waals surface area (Å²) in [7, 11) is 1.57. The summed E-state index contributed by atoms with van der Waals surface area (Å²) in [6.45, 7) is 3.91. The van der Waals surface area contributed by atoms with Crippen LogP contribution in [0.2, 0.25) is 0 Å². The third kappa shape index (κ3) is 2.38. The van der Waals surface area contributed by atoms with Gasteiger partial charge in [-0.1, -0.05) is 0 Å². The number of hydrogen-bond donors (Lipinski definition) is 2. The third-order valence-corrected chi connectivity index (χ3v) is 4.06. The van der Waals surface area contributed by atoms with E-state index in [4.69, 9.17) is 4.74 Å². The Morgan fingerprint density at radius 2 is 2.10 bits per heavy atom. The van der Waals surface area contributed by atoms with Crippen molar-refractivity contribution in [1.29, 1.82) is 0 Å². The van der Waals surface area contributed by atoms with E-state index in [0.717, 1.165) is 22.0 Å². The average Bonchev–Trinajstić information content (AvgIpc) is 3.04. The molecule has 108 valence electrons. The first-order valence-corrected chi connectivity index (χ1v) is 7.33. The molecule has 5 nitrogen and oxygen atoms in total. The zero-order valence-corrected chi connectivity index (χ0v) is 12.8. The van der Waals surface area contributed by atoms with Crippen molar-refractivity contribution in [2.75, 3.05) is 7.11 Å². The highest BCUT2D eigenvalue weighted by molar-refractivity contribution is 7.09. The number of methoxy groups -OCH3 is 1. The molecule has 0 aliphatic carbocycles. The fraction of sp³-hybridized carbons (Fsp3) is 0.200. The Morgan fingerprint density at radius 3 is 2.71 bits per heavy atom. The van der Waals surface area contributed by atoms with E-state index in [2.05, 4.69) is 15.2 Å². The molecule has 0 unspecified atom stereocenters. The predicted octanol–water partition coefficient (Wildman–Crippen LogP) is 3.53. The van der Waals surface area contributed by atoms with Crippen LogP contribution in [-0.4, -0.2) is 27.4 Å². The molecule has 0 saturated heterocycles. The van der Waals surface area contributed by atoms with Gasteiger partial charge in [-0.15, -0.1) is 11.3 Å². The lowest BCUT2D eigenvalue weighted by Gasteiger charge is -2.06. The van der Waals surface area contributed by atoms with Crippen molar-refractivity contribution < 1.29 is 9.84 Å². The number of aryl methyl sites for hydroxylation is 2. The van der Waals surface area contributed by atoms with Gasteiger partial charge in [0.05, 0.1) is 17.8 Å². The number of rotatable bonds is 3. The predicted molar refractivity (Wildman–Crippen MR) is 82.8 cm³/mol. The number of hydrogen-bond acceptors (Lipinski definition) is 5. The van der Waals surface area contributed by atoms with Gasteiger partial charge in [-0.3, -0.25) is 5.10 Å². The lowest BCUT2D eigenvalue weighted by molar-refractivity contribution is 0.408. The molecule has 21 heavy (non-hydrogen) atoms. The van der Waals surface area contributed by atoms with Crippen molar-refractivity contribution >= 4 is 11.3 Å². The van der Waals surface area contributed by atoms with E-state index in [1.807, 2.05) is 19.2 Å². The Hall–Kier alpha value is -2.34. The second kappa shape index (κ2) is 5.21. The molecule has 0 fully saturated rings. The first-order valence-electron chi connectivity index (χ1n) is 6.45. The van der Waals surface area contributed by atoms with Crippen LogP contribution >= 0.6 is 11.3 Å². The Bertz CT molecular complexity index is 792. The molecule has 0 radical (unpaired) electrons. The largest absolute Gasteiger partial charge is 0.507 e.